The predicted molar refractivity (Wildman–Crippen MR) is 182 cm³/mol. The topological polar surface area (TPSA) is 51.1 Å². The molecule has 0 saturated carbocycles. The predicted octanol–water partition coefficient (Wildman–Crippen LogP) is 10.3. The van der Waals surface area contributed by atoms with E-state index in [0.29, 0.717) is 54.1 Å². The lowest BCUT2D eigenvalue weighted by atomic mass is 10.1. The molecule has 214 valence electrons. The monoisotopic (exact) mass is 688 g/mol. The Morgan fingerprint density at radius 1 is 0.907 bits per heavy atom. The molecule has 5 nitrogen and oxygen atoms in total. The molecule has 43 heavy (non-hydrogen) atoms. The Balaban J connectivity index is 1.31. The molecular weight excluding hydrogens is 667 g/mol. The van der Waals surface area contributed by atoms with Crippen LogP contribution < -0.4 is 14.4 Å². The molecule has 0 spiro atoms. The van der Waals surface area contributed by atoms with Crippen molar-refractivity contribution in [1.82, 2.24) is 0 Å². The average Bonchev–Trinajstić information content (AvgIpc) is 3.31. The smallest absolute Gasteiger partial charge is 0.271 e. The summed E-state index contributed by atoms with van der Waals surface area (Å²) in [5.74, 6) is 0.920. The number of carbonyl (C=O) groups excluding carboxylic acids is 1. The number of thioether (sulfide) groups is 1. The summed E-state index contributed by atoms with van der Waals surface area (Å²) in [6, 6.07) is 32.4. The van der Waals surface area contributed by atoms with Gasteiger partial charge in [0.15, 0.2) is 16.7 Å². The van der Waals surface area contributed by atoms with Gasteiger partial charge in [0.1, 0.15) is 6.61 Å². The lowest BCUT2D eigenvalue weighted by molar-refractivity contribution is -0.113. The van der Waals surface area contributed by atoms with Crippen LogP contribution in [0.5, 0.6) is 11.5 Å². The molecule has 1 aliphatic heterocycles. The number of amides is 1. The van der Waals surface area contributed by atoms with Crippen molar-refractivity contribution < 1.29 is 14.3 Å². The van der Waals surface area contributed by atoms with Crippen LogP contribution in [0.1, 0.15) is 11.1 Å². The van der Waals surface area contributed by atoms with E-state index in [1.165, 1.54) is 11.8 Å². The van der Waals surface area contributed by atoms with Gasteiger partial charge in [0.25, 0.3) is 5.91 Å². The summed E-state index contributed by atoms with van der Waals surface area (Å²) in [4.78, 5) is 20.6. The van der Waals surface area contributed by atoms with E-state index in [9.17, 15) is 4.79 Å². The second-order valence-electron chi connectivity index (χ2n) is 9.56. The van der Waals surface area contributed by atoms with Crippen molar-refractivity contribution in [3.8, 4) is 11.5 Å². The molecule has 0 bridgehead atoms. The zero-order valence-electron chi connectivity index (χ0n) is 22.8. The van der Waals surface area contributed by atoms with Crippen LogP contribution in [-0.4, -0.2) is 18.2 Å². The first kappa shape index (κ1) is 29.3. The van der Waals surface area contributed by atoms with Gasteiger partial charge in [0.05, 0.1) is 27.9 Å². The number of hydrogen-bond acceptors (Lipinski definition) is 5. The van der Waals surface area contributed by atoms with Crippen molar-refractivity contribution >= 4 is 90.2 Å². The van der Waals surface area contributed by atoms with Crippen molar-refractivity contribution in [2.24, 2.45) is 4.99 Å². The number of ether oxygens (including phenoxy) is 2. The lowest BCUT2D eigenvalue weighted by Gasteiger charge is -2.16. The van der Waals surface area contributed by atoms with Crippen LogP contribution in [0, 0.1) is 0 Å². The number of aliphatic imine (C=N–C) groups is 1. The zero-order valence-corrected chi connectivity index (χ0v) is 26.7. The summed E-state index contributed by atoms with van der Waals surface area (Å²) in [7, 11) is 1.60. The Bertz CT molecular complexity index is 1890. The molecule has 0 aromatic heterocycles. The van der Waals surface area contributed by atoms with Crippen LogP contribution in [0.3, 0.4) is 0 Å². The van der Waals surface area contributed by atoms with E-state index in [2.05, 4.69) is 40.2 Å². The van der Waals surface area contributed by atoms with E-state index >= 15 is 0 Å². The van der Waals surface area contributed by atoms with Crippen LogP contribution in [0.2, 0.25) is 10.0 Å². The number of carbonyl (C=O) groups is 1. The Hall–Kier alpha value is -3.75. The van der Waals surface area contributed by atoms with Crippen LogP contribution in [0.25, 0.3) is 16.8 Å². The Morgan fingerprint density at radius 3 is 2.35 bits per heavy atom. The number of rotatable bonds is 7. The molecule has 9 heteroatoms. The van der Waals surface area contributed by atoms with Gasteiger partial charge in [-0.2, -0.15) is 0 Å². The third kappa shape index (κ3) is 6.45. The van der Waals surface area contributed by atoms with E-state index in [1.54, 1.807) is 60.5 Å². The maximum atomic E-state index is 13.8. The van der Waals surface area contributed by atoms with Crippen LogP contribution in [0.4, 0.5) is 11.4 Å². The van der Waals surface area contributed by atoms with Gasteiger partial charge in [0, 0.05) is 10.0 Å². The number of methoxy groups -OCH3 is 1. The maximum absolute atomic E-state index is 13.8. The summed E-state index contributed by atoms with van der Waals surface area (Å²) >= 11 is 17.1. The number of fused-ring (bicyclic) bond motifs is 1. The Morgan fingerprint density at radius 2 is 1.60 bits per heavy atom. The lowest BCUT2D eigenvalue weighted by Crippen LogP contribution is -2.28. The summed E-state index contributed by atoms with van der Waals surface area (Å²) in [6.45, 7) is 0.367. The Labute approximate surface area is 271 Å². The van der Waals surface area contributed by atoms with E-state index in [1.807, 2.05) is 36.4 Å². The quantitative estimate of drug-likeness (QED) is 0.160. The summed E-state index contributed by atoms with van der Waals surface area (Å²) in [5.41, 5.74) is 3.17. The zero-order chi connectivity index (χ0) is 29.9. The minimum atomic E-state index is -0.202. The van der Waals surface area contributed by atoms with Gasteiger partial charge < -0.3 is 9.47 Å². The highest BCUT2D eigenvalue weighted by atomic mass is 79.9. The van der Waals surface area contributed by atoms with E-state index in [-0.39, 0.29) is 5.91 Å². The second kappa shape index (κ2) is 12.9. The van der Waals surface area contributed by atoms with Crippen LogP contribution >= 0.6 is 50.9 Å². The van der Waals surface area contributed by atoms with Gasteiger partial charge in [-0.25, -0.2) is 4.99 Å². The fraction of sp³-hybridized carbons (Fsp3) is 0.0588. The van der Waals surface area contributed by atoms with Crippen LogP contribution in [-0.2, 0) is 11.4 Å². The number of amidine groups is 1. The molecule has 0 unspecified atom stereocenters. The maximum Gasteiger partial charge on any atom is 0.271 e. The summed E-state index contributed by atoms with van der Waals surface area (Å²) < 4.78 is 12.7. The van der Waals surface area contributed by atoms with Gasteiger partial charge in [-0.3, -0.25) is 9.69 Å². The van der Waals surface area contributed by atoms with Gasteiger partial charge in [0.2, 0.25) is 0 Å². The molecule has 1 saturated heterocycles. The molecule has 1 amide bonds. The molecule has 1 aliphatic rings. The van der Waals surface area contributed by atoms with Gasteiger partial charge in [-0.15, -0.1) is 0 Å². The molecule has 0 N–H and O–H groups in total. The largest absolute Gasteiger partial charge is 0.493 e. The molecule has 0 radical (unpaired) electrons. The highest BCUT2D eigenvalue weighted by Crippen LogP contribution is 2.41. The molecule has 6 rings (SSSR count). The first-order valence-electron chi connectivity index (χ1n) is 13.2. The number of nitrogens with zero attached hydrogens (tertiary/aromatic N) is 2. The third-order valence-electron chi connectivity index (χ3n) is 6.74. The standard InChI is InChI=1S/C34H23BrCl2N2O3S/c1-41-30-18-21(17-29(35)32(30)42-20-23-7-4-6-22-5-2-3-8-28(22)23)19-31-33(40)39(27-15-11-25(37)12-16-27)34(43-31)38-26-13-9-24(36)10-14-26/h2-19H,20H2,1H3/b31-19-,38-34?. The van der Waals surface area contributed by atoms with Crippen molar-refractivity contribution in [3.05, 3.63) is 134 Å². The molecule has 0 atom stereocenters. The molecule has 1 heterocycles. The average molecular weight is 690 g/mol. The number of anilines is 1. The van der Waals surface area contributed by atoms with Crippen molar-refractivity contribution in [3.63, 3.8) is 0 Å². The fourth-order valence-corrected chi connectivity index (χ4v) is 6.50. The first-order chi connectivity index (χ1) is 20.9. The van der Waals surface area contributed by atoms with E-state index < -0.39 is 0 Å². The normalized spacial score (nSPS) is 15.1. The fourth-order valence-electron chi connectivity index (χ4n) is 4.68. The second-order valence-corrected chi connectivity index (χ2v) is 12.3. The van der Waals surface area contributed by atoms with Crippen molar-refractivity contribution in [2.45, 2.75) is 6.61 Å². The summed E-state index contributed by atoms with van der Waals surface area (Å²) in [5, 5.41) is 4.00. The van der Waals surface area contributed by atoms with E-state index in [4.69, 9.17) is 37.7 Å². The third-order valence-corrected chi connectivity index (χ3v) is 8.81. The highest BCUT2D eigenvalue weighted by molar-refractivity contribution is 9.10. The number of benzene rings is 5. The molecule has 1 fully saturated rings. The number of hydrogen-bond donors (Lipinski definition) is 0. The number of halogens is 3. The van der Waals surface area contributed by atoms with E-state index in [0.717, 1.165) is 21.9 Å². The van der Waals surface area contributed by atoms with Gasteiger partial charge in [-0.05, 0) is 116 Å². The van der Waals surface area contributed by atoms with Crippen molar-refractivity contribution in [2.75, 3.05) is 12.0 Å². The summed E-state index contributed by atoms with van der Waals surface area (Å²) in [6.07, 6.45) is 1.82. The van der Waals surface area contributed by atoms with Crippen LogP contribution in [0.15, 0.2) is 117 Å². The minimum absolute atomic E-state index is 0.202. The first-order valence-corrected chi connectivity index (χ1v) is 15.6. The molecule has 0 aliphatic carbocycles. The SMILES string of the molecule is COc1cc(/C=C2\SC(=Nc3ccc(Cl)cc3)N(c3ccc(Cl)cc3)C2=O)cc(Br)c1OCc1cccc2ccccc12. The molecule has 5 aromatic rings. The molecule has 5 aromatic carbocycles. The van der Waals surface area contributed by atoms with Gasteiger partial charge in [-0.1, -0.05) is 65.7 Å². The molecular formula is C34H23BrCl2N2O3S. The van der Waals surface area contributed by atoms with Crippen molar-refractivity contribution in [1.29, 1.82) is 0 Å². The highest BCUT2D eigenvalue weighted by Gasteiger charge is 2.35. The minimum Gasteiger partial charge on any atom is -0.493 e. The Kier molecular flexibility index (Phi) is 8.77. The van der Waals surface area contributed by atoms with Gasteiger partial charge >= 0.3 is 0 Å².